The van der Waals surface area contributed by atoms with Gasteiger partial charge in [-0.25, -0.2) is 8.78 Å². The molecular formula is C19H21F2N3O2. The molecule has 2 rings (SSSR count). The second-order valence-corrected chi connectivity index (χ2v) is 5.76. The van der Waals surface area contributed by atoms with Gasteiger partial charge >= 0.3 is 0 Å². The van der Waals surface area contributed by atoms with Crippen molar-refractivity contribution in [2.75, 3.05) is 25.0 Å². The van der Waals surface area contributed by atoms with Crippen LogP contribution in [-0.4, -0.2) is 36.3 Å². The van der Waals surface area contributed by atoms with Crippen molar-refractivity contribution in [3.05, 3.63) is 65.7 Å². The number of halogens is 2. The van der Waals surface area contributed by atoms with Gasteiger partial charge in [0.05, 0.1) is 13.1 Å². The van der Waals surface area contributed by atoms with Gasteiger partial charge in [-0.2, -0.15) is 0 Å². The van der Waals surface area contributed by atoms with Crippen LogP contribution in [0.15, 0.2) is 48.5 Å². The first-order chi connectivity index (χ1) is 12.5. The molecule has 0 atom stereocenters. The van der Waals surface area contributed by atoms with Crippen LogP contribution in [0, 0.1) is 11.6 Å². The topological polar surface area (TPSA) is 61.4 Å². The van der Waals surface area contributed by atoms with Crippen molar-refractivity contribution in [3.8, 4) is 0 Å². The normalized spacial score (nSPS) is 10.6. The maximum absolute atomic E-state index is 13.1. The summed E-state index contributed by atoms with van der Waals surface area (Å²) in [6, 6.07) is 11.5. The fourth-order valence-electron chi connectivity index (χ4n) is 2.31. The van der Waals surface area contributed by atoms with Crippen molar-refractivity contribution in [1.82, 2.24) is 10.2 Å². The fourth-order valence-corrected chi connectivity index (χ4v) is 2.31. The summed E-state index contributed by atoms with van der Waals surface area (Å²) in [7, 11) is 0. The van der Waals surface area contributed by atoms with E-state index in [2.05, 4.69) is 10.6 Å². The maximum atomic E-state index is 13.1. The third-order valence-electron chi connectivity index (χ3n) is 3.69. The Morgan fingerprint density at radius 2 is 1.65 bits per heavy atom. The Balaban J connectivity index is 1.79. The van der Waals surface area contributed by atoms with E-state index in [0.717, 1.165) is 5.56 Å². The van der Waals surface area contributed by atoms with E-state index in [1.165, 1.54) is 30.3 Å². The monoisotopic (exact) mass is 361 g/mol. The molecule has 7 heteroatoms. The third kappa shape index (κ3) is 6.60. The average molecular weight is 361 g/mol. The first-order valence-electron chi connectivity index (χ1n) is 8.25. The zero-order valence-electron chi connectivity index (χ0n) is 14.5. The third-order valence-corrected chi connectivity index (χ3v) is 3.69. The molecule has 0 aromatic heterocycles. The van der Waals surface area contributed by atoms with Gasteiger partial charge in [0.25, 0.3) is 0 Å². The van der Waals surface area contributed by atoms with Crippen molar-refractivity contribution in [1.29, 1.82) is 0 Å². The standard InChI is InChI=1S/C19H21F2N3O2/c1-2-24(13-19(26)23-17-5-3-4-16(21)10-17)12-18(25)22-11-14-6-8-15(20)9-7-14/h3-10H,2,11-13H2,1H3,(H,22,25)(H,23,26). The number of anilines is 1. The van der Waals surface area contributed by atoms with Crippen LogP contribution in [-0.2, 0) is 16.1 Å². The molecule has 0 aliphatic heterocycles. The number of hydrogen-bond acceptors (Lipinski definition) is 3. The predicted octanol–water partition coefficient (Wildman–Crippen LogP) is 2.54. The van der Waals surface area contributed by atoms with E-state index in [-0.39, 0.29) is 37.3 Å². The summed E-state index contributed by atoms with van der Waals surface area (Å²) in [4.78, 5) is 25.7. The van der Waals surface area contributed by atoms with Crippen LogP contribution in [0.25, 0.3) is 0 Å². The molecule has 2 amide bonds. The van der Waals surface area contributed by atoms with Crippen molar-refractivity contribution in [2.24, 2.45) is 0 Å². The molecule has 0 saturated carbocycles. The highest BCUT2D eigenvalue weighted by Crippen LogP contribution is 2.09. The lowest BCUT2D eigenvalue weighted by Gasteiger charge is -2.19. The van der Waals surface area contributed by atoms with Gasteiger partial charge in [0, 0.05) is 12.2 Å². The largest absolute Gasteiger partial charge is 0.351 e. The Kier molecular flexibility index (Phi) is 7.23. The Hall–Kier alpha value is -2.80. The molecule has 0 aliphatic rings. The van der Waals surface area contributed by atoms with E-state index in [0.29, 0.717) is 12.2 Å². The van der Waals surface area contributed by atoms with Crippen LogP contribution in [0.2, 0.25) is 0 Å². The van der Waals surface area contributed by atoms with Crippen LogP contribution < -0.4 is 10.6 Å². The highest BCUT2D eigenvalue weighted by atomic mass is 19.1. The number of carbonyl (C=O) groups excluding carboxylic acids is 2. The minimum atomic E-state index is -0.435. The number of nitrogens with one attached hydrogen (secondary N) is 2. The number of hydrogen-bond donors (Lipinski definition) is 2. The van der Waals surface area contributed by atoms with E-state index in [1.54, 1.807) is 23.1 Å². The molecule has 0 aliphatic carbocycles. The zero-order valence-corrected chi connectivity index (χ0v) is 14.5. The summed E-state index contributed by atoms with van der Waals surface area (Å²) < 4.78 is 26.0. The molecule has 0 spiro atoms. The van der Waals surface area contributed by atoms with Crippen molar-refractivity contribution >= 4 is 17.5 Å². The first kappa shape index (κ1) is 19.5. The molecule has 2 aromatic carbocycles. The average Bonchev–Trinajstić information content (AvgIpc) is 2.60. The zero-order chi connectivity index (χ0) is 18.9. The molecule has 0 bridgehead atoms. The number of likely N-dealkylation sites (N-methyl/N-ethyl adjacent to an activating group) is 1. The number of benzene rings is 2. The molecule has 2 N–H and O–H groups in total. The second kappa shape index (κ2) is 9.62. The van der Waals surface area contributed by atoms with E-state index < -0.39 is 5.82 Å². The van der Waals surface area contributed by atoms with Crippen LogP contribution in [0.1, 0.15) is 12.5 Å². The summed E-state index contributed by atoms with van der Waals surface area (Å²) in [5, 5.41) is 5.33. The Morgan fingerprint density at radius 3 is 2.31 bits per heavy atom. The summed E-state index contributed by atoms with van der Waals surface area (Å²) in [6.07, 6.45) is 0. The minimum Gasteiger partial charge on any atom is -0.351 e. The van der Waals surface area contributed by atoms with Crippen LogP contribution >= 0.6 is 0 Å². The minimum absolute atomic E-state index is 0.0109. The lowest BCUT2D eigenvalue weighted by Crippen LogP contribution is -2.40. The predicted molar refractivity (Wildman–Crippen MR) is 95.4 cm³/mol. The summed E-state index contributed by atoms with van der Waals surface area (Å²) in [5.41, 5.74) is 1.15. The second-order valence-electron chi connectivity index (χ2n) is 5.76. The maximum Gasteiger partial charge on any atom is 0.238 e. The summed E-state index contributed by atoms with van der Waals surface area (Å²) in [5.74, 6) is -1.34. The molecule has 138 valence electrons. The number of carbonyl (C=O) groups is 2. The molecule has 0 radical (unpaired) electrons. The highest BCUT2D eigenvalue weighted by molar-refractivity contribution is 5.92. The fraction of sp³-hybridized carbons (Fsp3) is 0.263. The molecule has 0 saturated heterocycles. The van der Waals surface area contributed by atoms with Crippen LogP contribution in [0.3, 0.4) is 0 Å². The molecule has 26 heavy (non-hydrogen) atoms. The van der Waals surface area contributed by atoms with E-state index in [4.69, 9.17) is 0 Å². The van der Waals surface area contributed by atoms with Crippen molar-refractivity contribution in [2.45, 2.75) is 13.5 Å². The Bertz CT molecular complexity index is 751. The van der Waals surface area contributed by atoms with Gasteiger partial charge in [0.1, 0.15) is 11.6 Å². The van der Waals surface area contributed by atoms with Crippen molar-refractivity contribution < 1.29 is 18.4 Å². The lowest BCUT2D eigenvalue weighted by molar-refractivity contribution is -0.123. The van der Waals surface area contributed by atoms with E-state index in [1.807, 2.05) is 6.92 Å². The van der Waals surface area contributed by atoms with Gasteiger partial charge < -0.3 is 10.6 Å². The van der Waals surface area contributed by atoms with Gasteiger partial charge in [-0.1, -0.05) is 25.1 Å². The molecule has 5 nitrogen and oxygen atoms in total. The number of nitrogens with zero attached hydrogens (tertiary/aromatic N) is 1. The molecule has 0 heterocycles. The lowest BCUT2D eigenvalue weighted by atomic mass is 10.2. The van der Waals surface area contributed by atoms with Crippen molar-refractivity contribution in [3.63, 3.8) is 0 Å². The Morgan fingerprint density at radius 1 is 0.962 bits per heavy atom. The van der Waals surface area contributed by atoms with Gasteiger partial charge in [-0.15, -0.1) is 0 Å². The van der Waals surface area contributed by atoms with Gasteiger partial charge in [0.15, 0.2) is 0 Å². The van der Waals surface area contributed by atoms with Crippen LogP contribution in [0.4, 0.5) is 14.5 Å². The summed E-state index contributed by atoms with van der Waals surface area (Å²) in [6.45, 7) is 2.68. The smallest absolute Gasteiger partial charge is 0.238 e. The van der Waals surface area contributed by atoms with E-state index in [9.17, 15) is 18.4 Å². The van der Waals surface area contributed by atoms with Gasteiger partial charge in [0.2, 0.25) is 11.8 Å². The Labute approximate surface area is 151 Å². The van der Waals surface area contributed by atoms with Gasteiger partial charge in [-0.05, 0) is 42.4 Å². The number of rotatable bonds is 8. The number of amides is 2. The quantitative estimate of drug-likeness (QED) is 0.760. The summed E-state index contributed by atoms with van der Waals surface area (Å²) >= 11 is 0. The highest BCUT2D eigenvalue weighted by Gasteiger charge is 2.13. The van der Waals surface area contributed by atoms with E-state index >= 15 is 0 Å². The molecular weight excluding hydrogens is 340 g/mol. The first-order valence-corrected chi connectivity index (χ1v) is 8.25. The SMILES string of the molecule is CCN(CC(=O)NCc1ccc(F)cc1)CC(=O)Nc1cccc(F)c1. The van der Waals surface area contributed by atoms with Gasteiger partial charge in [-0.3, -0.25) is 14.5 Å². The molecule has 0 fully saturated rings. The van der Waals surface area contributed by atoms with Crippen LogP contribution in [0.5, 0.6) is 0 Å². The molecule has 2 aromatic rings. The molecule has 0 unspecified atom stereocenters.